The highest BCUT2D eigenvalue weighted by molar-refractivity contribution is 5.98. The molecule has 0 fully saturated rings. The molecule has 6 heteroatoms. The van der Waals surface area contributed by atoms with E-state index in [0.717, 1.165) is 35.8 Å². The number of anilines is 4. The largest absolute Gasteiger partial charge is 0.383 e. The molecule has 0 bridgehead atoms. The molecule has 2 aromatic rings. The summed E-state index contributed by atoms with van der Waals surface area (Å²) in [6, 6.07) is 15.6. The third kappa shape index (κ3) is 4.14. The van der Waals surface area contributed by atoms with Crippen molar-refractivity contribution in [2.75, 3.05) is 40.5 Å². The molecule has 6 nitrogen and oxygen atoms in total. The molecule has 136 valence electrons. The van der Waals surface area contributed by atoms with Gasteiger partial charge in [0, 0.05) is 32.5 Å². The van der Waals surface area contributed by atoms with E-state index in [0.29, 0.717) is 19.4 Å². The number of nitrogens with zero attached hydrogens (tertiary/aromatic N) is 1. The summed E-state index contributed by atoms with van der Waals surface area (Å²) in [5, 5.41) is 9.25. The van der Waals surface area contributed by atoms with Crippen LogP contribution in [0.25, 0.3) is 0 Å². The van der Waals surface area contributed by atoms with Crippen molar-refractivity contribution in [3.63, 3.8) is 0 Å². The summed E-state index contributed by atoms with van der Waals surface area (Å²) in [5.74, 6) is 0.275. The van der Waals surface area contributed by atoms with Crippen LogP contribution in [0.2, 0.25) is 0 Å². The lowest BCUT2D eigenvalue weighted by atomic mass is 10.2. The molecule has 2 aliphatic rings. The van der Waals surface area contributed by atoms with E-state index in [2.05, 4.69) is 16.0 Å². The first kappa shape index (κ1) is 17.8. The Bertz CT molecular complexity index is 791. The molecule has 2 heterocycles. The molecule has 0 saturated carbocycles. The van der Waals surface area contributed by atoms with Crippen LogP contribution in [0.4, 0.5) is 22.7 Å². The van der Waals surface area contributed by atoms with Gasteiger partial charge in [0.1, 0.15) is 0 Å². The number of carbonyl (C=O) groups is 2. The topological polar surface area (TPSA) is 73.5 Å². The summed E-state index contributed by atoms with van der Waals surface area (Å²) in [6.45, 7) is 4.17. The average Bonchev–Trinajstić information content (AvgIpc) is 2.94. The van der Waals surface area contributed by atoms with Crippen LogP contribution in [0.5, 0.6) is 0 Å². The molecule has 0 aliphatic carbocycles. The minimum absolute atomic E-state index is 0.0763. The van der Waals surface area contributed by atoms with Crippen LogP contribution in [0, 0.1) is 0 Å². The van der Waals surface area contributed by atoms with Gasteiger partial charge in [-0.2, -0.15) is 0 Å². The summed E-state index contributed by atoms with van der Waals surface area (Å²) in [5.41, 5.74) is 3.93. The fourth-order valence-corrected chi connectivity index (χ4v) is 3.05. The van der Waals surface area contributed by atoms with Crippen molar-refractivity contribution in [2.24, 2.45) is 0 Å². The maximum absolute atomic E-state index is 11.7. The number of rotatable bonds is 1. The molecule has 0 spiro atoms. The second-order valence-electron chi connectivity index (χ2n) is 6.10. The minimum atomic E-state index is 0.0763. The van der Waals surface area contributed by atoms with Crippen molar-refractivity contribution in [1.29, 1.82) is 0 Å². The van der Waals surface area contributed by atoms with Crippen molar-refractivity contribution in [3.05, 3.63) is 48.5 Å². The highest BCUT2D eigenvalue weighted by atomic mass is 16.2. The van der Waals surface area contributed by atoms with Crippen LogP contribution in [-0.4, -0.2) is 31.4 Å². The quantitative estimate of drug-likeness (QED) is 0.736. The Balaban J connectivity index is 0.000000152. The van der Waals surface area contributed by atoms with Gasteiger partial charge in [0.2, 0.25) is 11.8 Å². The van der Waals surface area contributed by atoms with E-state index in [1.54, 1.807) is 0 Å². The number of hydrogen-bond donors (Lipinski definition) is 3. The van der Waals surface area contributed by atoms with E-state index in [1.165, 1.54) is 0 Å². The lowest BCUT2D eigenvalue weighted by molar-refractivity contribution is -0.118. The van der Waals surface area contributed by atoms with Crippen molar-refractivity contribution in [3.8, 4) is 0 Å². The zero-order valence-corrected chi connectivity index (χ0v) is 14.9. The SMILES string of the molecule is CCN1C(=O)CCNc2ccccc21.O=C1CCNc2ccccc2N1. The molecule has 0 unspecified atom stereocenters. The minimum Gasteiger partial charge on any atom is -0.383 e. The van der Waals surface area contributed by atoms with Crippen molar-refractivity contribution in [1.82, 2.24) is 0 Å². The average molecular weight is 352 g/mol. The maximum Gasteiger partial charge on any atom is 0.228 e. The van der Waals surface area contributed by atoms with Gasteiger partial charge in [0.15, 0.2) is 0 Å². The van der Waals surface area contributed by atoms with Gasteiger partial charge < -0.3 is 20.9 Å². The molecule has 2 aliphatic heterocycles. The molecule has 0 radical (unpaired) electrons. The van der Waals surface area contributed by atoms with Crippen LogP contribution >= 0.6 is 0 Å². The smallest absolute Gasteiger partial charge is 0.228 e. The van der Waals surface area contributed by atoms with E-state index in [1.807, 2.05) is 60.4 Å². The number of carbonyl (C=O) groups excluding carboxylic acids is 2. The van der Waals surface area contributed by atoms with Crippen LogP contribution in [-0.2, 0) is 9.59 Å². The predicted molar refractivity (Wildman–Crippen MR) is 106 cm³/mol. The first-order chi connectivity index (χ1) is 12.7. The van der Waals surface area contributed by atoms with Crippen molar-refractivity contribution < 1.29 is 9.59 Å². The Morgan fingerprint density at radius 2 is 1.46 bits per heavy atom. The maximum atomic E-state index is 11.7. The van der Waals surface area contributed by atoms with Crippen molar-refractivity contribution in [2.45, 2.75) is 19.8 Å². The number of benzene rings is 2. The van der Waals surface area contributed by atoms with Crippen LogP contribution in [0.1, 0.15) is 19.8 Å². The highest BCUT2D eigenvalue weighted by Crippen LogP contribution is 2.28. The van der Waals surface area contributed by atoms with Gasteiger partial charge in [-0.15, -0.1) is 0 Å². The molecule has 0 saturated heterocycles. The van der Waals surface area contributed by atoms with Gasteiger partial charge in [-0.1, -0.05) is 24.3 Å². The Kier molecular flexibility index (Phi) is 5.73. The molecule has 2 amide bonds. The molecule has 0 atom stereocenters. The van der Waals surface area contributed by atoms with Gasteiger partial charge in [-0.05, 0) is 31.2 Å². The molecule has 26 heavy (non-hydrogen) atoms. The fraction of sp³-hybridized carbons (Fsp3) is 0.300. The summed E-state index contributed by atoms with van der Waals surface area (Å²) in [4.78, 5) is 24.6. The van der Waals surface area contributed by atoms with Crippen LogP contribution in [0.3, 0.4) is 0 Å². The molecular formula is C20H24N4O2. The molecule has 0 aromatic heterocycles. The van der Waals surface area contributed by atoms with E-state index in [9.17, 15) is 9.59 Å². The van der Waals surface area contributed by atoms with E-state index >= 15 is 0 Å². The Labute approximate surface area is 153 Å². The Hall–Kier alpha value is -3.02. The van der Waals surface area contributed by atoms with Gasteiger partial charge in [0.05, 0.1) is 22.7 Å². The summed E-state index contributed by atoms with van der Waals surface area (Å²) in [6.07, 6.45) is 1.11. The molecular weight excluding hydrogens is 328 g/mol. The third-order valence-corrected chi connectivity index (χ3v) is 4.34. The number of nitrogens with one attached hydrogen (secondary N) is 3. The van der Waals surface area contributed by atoms with E-state index in [-0.39, 0.29) is 11.8 Å². The van der Waals surface area contributed by atoms with Gasteiger partial charge in [0.25, 0.3) is 0 Å². The standard InChI is InChI=1S/C11H14N2O.C9H10N2O/c1-2-13-10-6-4-3-5-9(10)12-8-7-11(13)14;12-9-5-6-10-7-3-1-2-4-8(7)11-9/h3-6,12H,2,7-8H2,1H3;1-4,10H,5-6H2,(H,11,12). The first-order valence-electron chi connectivity index (χ1n) is 8.95. The monoisotopic (exact) mass is 352 g/mol. The highest BCUT2D eigenvalue weighted by Gasteiger charge is 2.19. The lowest BCUT2D eigenvalue weighted by Gasteiger charge is -2.20. The fourth-order valence-electron chi connectivity index (χ4n) is 3.05. The second-order valence-corrected chi connectivity index (χ2v) is 6.10. The number of hydrogen-bond acceptors (Lipinski definition) is 4. The summed E-state index contributed by atoms with van der Waals surface area (Å²) in [7, 11) is 0. The predicted octanol–water partition coefficient (Wildman–Crippen LogP) is 3.30. The molecule has 3 N–H and O–H groups in total. The normalized spacial score (nSPS) is 15.7. The molecule has 4 rings (SSSR count). The van der Waals surface area contributed by atoms with E-state index in [4.69, 9.17) is 0 Å². The number of para-hydroxylation sites is 4. The Morgan fingerprint density at radius 3 is 2.23 bits per heavy atom. The summed E-state index contributed by atoms with van der Waals surface area (Å²) >= 11 is 0. The van der Waals surface area contributed by atoms with Gasteiger partial charge in [-0.25, -0.2) is 0 Å². The lowest BCUT2D eigenvalue weighted by Crippen LogP contribution is -2.29. The third-order valence-electron chi connectivity index (χ3n) is 4.34. The first-order valence-corrected chi connectivity index (χ1v) is 8.95. The number of amides is 2. The van der Waals surface area contributed by atoms with Crippen LogP contribution < -0.4 is 20.9 Å². The summed E-state index contributed by atoms with van der Waals surface area (Å²) < 4.78 is 0. The number of fused-ring (bicyclic) bond motifs is 2. The molecule has 2 aromatic carbocycles. The van der Waals surface area contributed by atoms with Gasteiger partial charge >= 0.3 is 0 Å². The zero-order valence-electron chi connectivity index (χ0n) is 14.9. The Morgan fingerprint density at radius 1 is 0.846 bits per heavy atom. The zero-order chi connectivity index (χ0) is 18.4. The van der Waals surface area contributed by atoms with E-state index < -0.39 is 0 Å². The van der Waals surface area contributed by atoms with Gasteiger partial charge in [-0.3, -0.25) is 9.59 Å². The van der Waals surface area contributed by atoms with Crippen molar-refractivity contribution >= 4 is 34.6 Å². The second kappa shape index (κ2) is 8.38. The van der Waals surface area contributed by atoms with Crippen LogP contribution in [0.15, 0.2) is 48.5 Å².